The lowest BCUT2D eigenvalue weighted by Gasteiger charge is -2.38. The van der Waals surface area contributed by atoms with Crippen LogP contribution in [0.25, 0.3) is 0 Å². The topological polar surface area (TPSA) is 49.3 Å². The van der Waals surface area contributed by atoms with E-state index in [4.69, 9.17) is 5.11 Å². The van der Waals surface area contributed by atoms with Gasteiger partial charge in [0, 0.05) is 5.54 Å². The molecule has 90 valence electrons. The average Bonchev–Trinajstić information content (AvgIpc) is 2.00. The number of rotatable bonds is 5. The van der Waals surface area contributed by atoms with Crippen LogP contribution in [0.5, 0.6) is 0 Å². The molecular formula is C12H25NO2. The third kappa shape index (κ3) is 5.17. The van der Waals surface area contributed by atoms with Gasteiger partial charge in [-0.3, -0.25) is 4.79 Å². The molecule has 0 aromatic rings. The fraction of sp³-hybridized carbons (Fsp3) is 0.917. The summed E-state index contributed by atoms with van der Waals surface area (Å²) in [6.07, 6.45) is 0.892. The van der Waals surface area contributed by atoms with Gasteiger partial charge in [0.2, 0.25) is 5.91 Å². The van der Waals surface area contributed by atoms with Gasteiger partial charge in [0.05, 0.1) is 0 Å². The highest BCUT2D eigenvalue weighted by atomic mass is 16.3. The highest BCUT2D eigenvalue weighted by Crippen LogP contribution is 2.34. The summed E-state index contributed by atoms with van der Waals surface area (Å²) in [6, 6.07) is 0. The molecule has 3 nitrogen and oxygen atoms in total. The van der Waals surface area contributed by atoms with Crippen molar-refractivity contribution in [1.82, 2.24) is 5.32 Å². The molecular weight excluding hydrogens is 190 g/mol. The monoisotopic (exact) mass is 215 g/mol. The quantitative estimate of drug-likeness (QED) is 0.736. The molecule has 0 bridgehead atoms. The Hall–Kier alpha value is -0.570. The molecule has 0 unspecified atom stereocenters. The van der Waals surface area contributed by atoms with Crippen molar-refractivity contribution in [3.05, 3.63) is 0 Å². The third-order valence-electron chi connectivity index (χ3n) is 3.08. The Balaban J connectivity index is 4.43. The molecule has 0 atom stereocenters. The smallest absolute Gasteiger partial charge is 0.246 e. The Kier molecular flexibility index (Phi) is 4.78. The van der Waals surface area contributed by atoms with Crippen molar-refractivity contribution in [2.75, 3.05) is 6.61 Å². The fourth-order valence-electron chi connectivity index (χ4n) is 1.80. The summed E-state index contributed by atoms with van der Waals surface area (Å²) in [5.41, 5.74) is -0.0974. The van der Waals surface area contributed by atoms with E-state index in [0.717, 1.165) is 6.42 Å². The van der Waals surface area contributed by atoms with Crippen LogP contribution in [-0.4, -0.2) is 23.2 Å². The van der Waals surface area contributed by atoms with Crippen molar-refractivity contribution in [1.29, 1.82) is 0 Å². The molecule has 0 aliphatic heterocycles. The summed E-state index contributed by atoms with van der Waals surface area (Å²) < 4.78 is 0. The van der Waals surface area contributed by atoms with E-state index in [-0.39, 0.29) is 16.9 Å². The minimum Gasteiger partial charge on any atom is -0.387 e. The lowest BCUT2D eigenvalue weighted by atomic mass is 9.72. The summed E-state index contributed by atoms with van der Waals surface area (Å²) >= 11 is 0. The Morgan fingerprint density at radius 2 is 1.73 bits per heavy atom. The average molecular weight is 215 g/mol. The Bertz CT molecular complexity index is 220. The first-order valence-corrected chi connectivity index (χ1v) is 5.52. The van der Waals surface area contributed by atoms with Crippen LogP contribution in [-0.2, 0) is 4.79 Å². The normalized spacial score (nSPS) is 13.1. The van der Waals surface area contributed by atoms with Crippen molar-refractivity contribution < 1.29 is 9.90 Å². The number of aliphatic hydroxyl groups is 1. The first-order valence-electron chi connectivity index (χ1n) is 5.52. The first kappa shape index (κ1) is 14.4. The number of nitrogens with one attached hydrogen (secondary N) is 1. The summed E-state index contributed by atoms with van der Waals surface area (Å²) in [7, 11) is 0. The maximum Gasteiger partial charge on any atom is 0.246 e. The zero-order valence-electron chi connectivity index (χ0n) is 10.8. The molecule has 0 aromatic carbocycles. The van der Waals surface area contributed by atoms with Gasteiger partial charge in [0.15, 0.2) is 0 Å². The number of carbonyl (C=O) groups excluding carboxylic acids is 1. The molecule has 0 saturated heterocycles. The van der Waals surface area contributed by atoms with Crippen LogP contribution in [0.15, 0.2) is 0 Å². The van der Waals surface area contributed by atoms with Gasteiger partial charge in [-0.2, -0.15) is 0 Å². The van der Waals surface area contributed by atoms with Crippen molar-refractivity contribution in [3.8, 4) is 0 Å². The van der Waals surface area contributed by atoms with Crippen molar-refractivity contribution in [3.63, 3.8) is 0 Å². The van der Waals surface area contributed by atoms with Crippen LogP contribution < -0.4 is 5.32 Å². The Labute approximate surface area is 93.3 Å². The van der Waals surface area contributed by atoms with E-state index in [1.54, 1.807) is 0 Å². The Morgan fingerprint density at radius 1 is 1.27 bits per heavy atom. The number of hydrogen-bond acceptors (Lipinski definition) is 2. The molecule has 2 N–H and O–H groups in total. The van der Waals surface area contributed by atoms with Gasteiger partial charge >= 0.3 is 0 Å². The fourth-order valence-corrected chi connectivity index (χ4v) is 1.80. The molecule has 0 saturated carbocycles. The highest BCUT2D eigenvalue weighted by molar-refractivity contribution is 5.77. The van der Waals surface area contributed by atoms with E-state index in [9.17, 15) is 4.79 Å². The van der Waals surface area contributed by atoms with Gasteiger partial charge in [0.1, 0.15) is 6.61 Å². The predicted molar refractivity (Wildman–Crippen MR) is 62.5 cm³/mol. The number of hydrogen-bond donors (Lipinski definition) is 2. The molecule has 0 heterocycles. The molecule has 0 aromatic heterocycles. The second kappa shape index (κ2) is 4.97. The van der Waals surface area contributed by atoms with Crippen molar-refractivity contribution >= 4 is 5.91 Å². The van der Waals surface area contributed by atoms with E-state index < -0.39 is 6.61 Å². The summed E-state index contributed by atoms with van der Waals surface area (Å²) in [6.45, 7) is 12.3. The zero-order chi connectivity index (χ0) is 12.3. The first-order chi connectivity index (χ1) is 6.60. The van der Waals surface area contributed by atoms with Crippen LogP contribution in [0.4, 0.5) is 0 Å². The molecule has 15 heavy (non-hydrogen) atoms. The van der Waals surface area contributed by atoms with E-state index >= 15 is 0 Å². The molecule has 0 radical (unpaired) electrons. The van der Waals surface area contributed by atoms with Crippen LogP contribution in [0.3, 0.4) is 0 Å². The summed E-state index contributed by atoms with van der Waals surface area (Å²) in [5.74, 6) is 0.252. The van der Waals surface area contributed by atoms with E-state index in [0.29, 0.717) is 5.92 Å². The standard InChI is InChI=1S/C12H25NO2/c1-9(2)11(3,4)8-12(5,6)13-10(15)7-14/h9,14H,7-8H2,1-6H3,(H,13,15). The Morgan fingerprint density at radius 3 is 2.07 bits per heavy atom. The second-order valence-electron chi connectivity index (χ2n) is 5.91. The van der Waals surface area contributed by atoms with Gasteiger partial charge in [-0.1, -0.05) is 27.7 Å². The van der Waals surface area contributed by atoms with E-state index in [1.165, 1.54) is 0 Å². The molecule has 0 aliphatic carbocycles. The molecule has 1 amide bonds. The van der Waals surface area contributed by atoms with Crippen LogP contribution in [0, 0.1) is 11.3 Å². The van der Waals surface area contributed by atoms with E-state index in [1.807, 2.05) is 13.8 Å². The molecule has 0 fully saturated rings. The summed E-state index contributed by atoms with van der Waals surface area (Å²) in [5, 5.41) is 11.5. The molecule has 3 heteroatoms. The molecule has 0 aliphatic rings. The lowest BCUT2D eigenvalue weighted by molar-refractivity contribution is -0.125. The van der Waals surface area contributed by atoms with Crippen molar-refractivity contribution in [2.24, 2.45) is 11.3 Å². The maximum atomic E-state index is 11.1. The van der Waals surface area contributed by atoms with Gasteiger partial charge in [-0.15, -0.1) is 0 Å². The third-order valence-corrected chi connectivity index (χ3v) is 3.08. The second-order valence-corrected chi connectivity index (χ2v) is 5.91. The van der Waals surface area contributed by atoms with Crippen LogP contribution in [0.1, 0.15) is 48.0 Å². The number of carbonyl (C=O) groups is 1. The maximum absolute atomic E-state index is 11.1. The zero-order valence-corrected chi connectivity index (χ0v) is 10.8. The number of aliphatic hydroxyl groups excluding tert-OH is 1. The molecule has 0 rings (SSSR count). The lowest BCUT2D eigenvalue weighted by Crippen LogP contribution is -2.48. The van der Waals surface area contributed by atoms with E-state index in [2.05, 4.69) is 33.0 Å². The minimum absolute atomic E-state index is 0.173. The van der Waals surface area contributed by atoms with Crippen molar-refractivity contribution in [2.45, 2.75) is 53.5 Å². The minimum atomic E-state index is -0.439. The predicted octanol–water partition coefficient (Wildman–Crippen LogP) is 1.95. The largest absolute Gasteiger partial charge is 0.387 e. The number of amides is 1. The van der Waals surface area contributed by atoms with Gasteiger partial charge in [-0.25, -0.2) is 0 Å². The highest BCUT2D eigenvalue weighted by Gasteiger charge is 2.31. The van der Waals surface area contributed by atoms with Gasteiger partial charge in [-0.05, 0) is 31.6 Å². The molecule has 0 spiro atoms. The van der Waals surface area contributed by atoms with Crippen LogP contribution >= 0.6 is 0 Å². The van der Waals surface area contributed by atoms with Crippen LogP contribution in [0.2, 0.25) is 0 Å². The summed E-state index contributed by atoms with van der Waals surface area (Å²) in [4.78, 5) is 11.1. The SMILES string of the molecule is CC(C)C(C)(C)CC(C)(C)NC(=O)CO. The van der Waals surface area contributed by atoms with Gasteiger partial charge < -0.3 is 10.4 Å². The van der Waals surface area contributed by atoms with Gasteiger partial charge in [0.25, 0.3) is 0 Å².